The van der Waals surface area contributed by atoms with Crippen LogP contribution in [0.4, 0.5) is 5.69 Å². The van der Waals surface area contributed by atoms with E-state index in [4.69, 9.17) is 18.0 Å². The molecule has 23 heavy (non-hydrogen) atoms. The molecular formula is C17H12BrClN2O2. The van der Waals surface area contributed by atoms with Gasteiger partial charge < -0.3 is 10.6 Å². The van der Waals surface area contributed by atoms with Crippen LogP contribution in [0.2, 0.25) is 5.02 Å². The number of carbonyl (C=O) groups excluding carboxylic acids is 2. The number of amides is 2. The molecule has 0 unspecified atom stereocenters. The molecule has 6 heteroatoms. The van der Waals surface area contributed by atoms with Gasteiger partial charge in [-0.2, -0.15) is 0 Å². The van der Waals surface area contributed by atoms with Crippen LogP contribution in [-0.4, -0.2) is 18.4 Å². The summed E-state index contributed by atoms with van der Waals surface area (Å²) in [6.45, 7) is 0.110. The van der Waals surface area contributed by atoms with E-state index in [1.165, 1.54) is 0 Å². The molecule has 0 aliphatic rings. The van der Waals surface area contributed by atoms with Crippen molar-refractivity contribution in [3.8, 4) is 12.3 Å². The molecule has 2 aromatic carbocycles. The fourth-order valence-corrected chi connectivity index (χ4v) is 2.44. The van der Waals surface area contributed by atoms with Crippen LogP contribution in [0, 0.1) is 12.3 Å². The van der Waals surface area contributed by atoms with Crippen molar-refractivity contribution < 1.29 is 9.59 Å². The first-order valence-corrected chi connectivity index (χ1v) is 7.77. The molecule has 2 aromatic rings. The number of hydrogen-bond donors (Lipinski definition) is 2. The summed E-state index contributed by atoms with van der Waals surface area (Å²) >= 11 is 9.34. The minimum absolute atomic E-state index is 0.110. The van der Waals surface area contributed by atoms with Gasteiger partial charge in [-0.25, -0.2) is 0 Å². The van der Waals surface area contributed by atoms with E-state index in [2.05, 4.69) is 32.5 Å². The third-order valence-corrected chi connectivity index (χ3v) is 3.77. The summed E-state index contributed by atoms with van der Waals surface area (Å²) in [7, 11) is 0. The Morgan fingerprint density at radius 3 is 2.61 bits per heavy atom. The molecule has 0 atom stereocenters. The highest BCUT2D eigenvalue weighted by atomic mass is 79.9. The second kappa shape index (κ2) is 7.82. The Morgan fingerprint density at radius 1 is 1.13 bits per heavy atom. The van der Waals surface area contributed by atoms with Crippen molar-refractivity contribution in [2.24, 2.45) is 0 Å². The highest BCUT2D eigenvalue weighted by Crippen LogP contribution is 2.23. The molecule has 116 valence electrons. The smallest absolute Gasteiger partial charge is 0.257 e. The number of hydrogen-bond acceptors (Lipinski definition) is 2. The highest BCUT2D eigenvalue weighted by Gasteiger charge is 2.15. The highest BCUT2D eigenvalue weighted by molar-refractivity contribution is 9.10. The largest absolute Gasteiger partial charge is 0.341 e. The lowest BCUT2D eigenvalue weighted by molar-refractivity contribution is 0.0959. The number of rotatable bonds is 4. The van der Waals surface area contributed by atoms with Gasteiger partial charge in [0.05, 0.1) is 28.4 Å². The lowest BCUT2D eigenvalue weighted by atomic mass is 10.1. The molecule has 0 aliphatic heterocycles. The monoisotopic (exact) mass is 390 g/mol. The summed E-state index contributed by atoms with van der Waals surface area (Å²) in [5.74, 6) is 1.56. The Hall–Kier alpha value is -2.29. The van der Waals surface area contributed by atoms with E-state index in [0.29, 0.717) is 21.8 Å². The van der Waals surface area contributed by atoms with Crippen molar-refractivity contribution in [2.45, 2.75) is 0 Å². The molecule has 0 saturated heterocycles. The quantitative estimate of drug-likeness (QED) is 0.781. The van der Waals surface area contributed by atoms with Gasteiger partial charge in [-0.3, -0.25) is 9.59 Å². The zero-order chi connectivity index (χ0) is 16.8. The van der Waals surface area contributed by atoms with Crippen LogP contribution in [0.3, 0.4) is 0 Å². The summed E-state index contributed by atoms with van der Waals surface area (Å²) in [6.07, 6.45) is 5.13. The van der Waals surface area contributed by atoms with E-state index < -0.39 is 5.91 Å². The van der Waals surface area contributed by atoms with Crippen LogP contribution >= 0.6 is 27.5 Å². The van der Waals surface area contributed by atoms with Gasteiger partial charge in [0.25, 0.3) is 11.8 Å². The lowest BCUT2D eigenvalue weighted by Gasteiger charge is -2.11. The molecule has 0 heterocycles. The third kappa shape index (κ3) is 4.35. The van der Waals surface area contributed by atoms with Crippen molar-refractivity contribution in [1.82, 2.24) is 5.32 Å². The molecule has 0 spiro atoms. The lowest BCUT2D eigenvalue weighted by Crippen LogP contribution is -2.25. The zero-order valence-corrected chi connectivity index (χ0v) is 14.2. The second-order valence-corrected chi connectivity index (χ2v) is 5.83. The number of carbonyl (C=O) groups is 2. The van der Waals surface area contributed by atoms with Crippen LogP contribution in [0.25, 0.3) is 0 Å². The van der Waals surface area contributed by atoms with Crippen molar-refractivity contribution in [1.29, 1.82) is 0 Å². The maximum Gasteiger partial charge on any atom is 0.257 e. The van der Waals surface area contributed by atoms with E-state index >= 15 is 0 Å². The summed E-state index contributed by atoms with van der Waals surface area (Å²) in [5, 5.41) is 5.58. The van der Waals surface area contributed by atoms with Gasteiger partial charge in [-0.1, -0.05) is 45.6 Å². The first-order chi connectivity index (χ1) is 11.0. The normalized spacial score (nSPS) is 9.78. The van der Waals surface area contributed by atoms with Crippen molar-refractivity contribution in [3.63, 3.8) is 0 Å². The van der Waals surface area contributed by atoms with E-state index in [-0.39, 0.29) is 12.5 Å². The van der Waals surface area contributed by atoms with Gasteiger partial charge in [0, 0.05) is 4.47 Å². The van der Waals surface area contributed by atoms with E-state index in [1.54, 1.807) is 42.5 Å². The van der Waals surface area contributed by atoms with Gasteiger partial charge in [-0.15, -0.1) is 6.42 Å². The van der Waals surface area contributed by atoms with E-state index in [1.807, 2.05) is 0 Å². The maximum atomic E-state index is 12.4. The number of halogens is 2. The molecule has 2 amide bonds. The Bertz CT molecular complexity index is 799. The predicted octanol–water partition coefficient (Wildman–Crippen LogP) is 3.72. The molecule has 4 nitrogen and oxygen atoms in total. The van der Waals surface area contributed by atoms with Crippen molar-refractivity contribution in [3.05, 3.63) is 63.1 Å². The van der Waals surface area contributed by atoms with Crippen LogP contribution in [-0.2, 0) is 0 Å². The average molecular weight is 392 g/mol. The Balaban J connectivity index is 2.26. The summed E-state index contributed by atoms with van der Waals surface area (Å²) in [6, 6.07) is 11.6. The molecule has 0 radical (unpaired) electrons. The molecule has 0 aliphatic carbocycles. The maximum absolute atomic E-state index is 12.4. The molecule has 2 N–H and O–H groups in total. The predicted molar refractivity (Wildman–Crippen MR) is 94.7 cm³/mol. The number of anilines is 1. The second-order valence-electron chi connectivity index (χ2n) is 4.51. The minimum atomic E-state index is -0.409. The number of terminal acetylenes is 1. The fraction of sp³-hybridized carbons (Fsp3) is 0.0588. The standard InChI is InChI=1S/C17H12BrClN2O2/c1-2-9-20-16(22)12-5-3-4-6-15(12)21-17(23)13-10-11(18)7-8-14(13)19/h1,3-8,10H,9H2,(H,20,22)(H,21,23). The van der Waals surface area contributed by atoms with Crippen molar-refractivity contribution in [2.75, 3.05) is 11.9 Å². The topological polar surface area (TPSA) is 58.2 Å². The molecule has 0 aromatic heterocycles. The average Bonchev–Trinajstić information content (AvgIpc) is 2.55. The molecule has 0 fully saturated rings. The molecule has 0 saturated carbocycles. The first-order valence-electron chi connectivity index (χ1n) is 6.60. The van der Waals surface area contributed by atoms with Crippen LogP contribution in [0.5, 0.6) is 0 Å². The molecule has 0 bridgehead atoms. The van der Waals surface area contributed by atoms with Crippen LogP contribution in [0.15, 0.2) is 46.9 Å². The van der Waals surface area contributed by atoms with Crippen LogP contribution in [0.1, 0.15) is 20.7 Å². The first kappa shape index (κ1) is 17.1. The van der Waals surface area contributed by atoms with Gasteiger partial charge in [-0.05, 0) is 30.3 Å². The number of nitrogens with one attached hydrogen (secondary N) is 2. The Labute approximate surface area is 147 Å². The van der Waals surface area contributed by atoms with Gasteiger partial charge in [0.1, 0.15) is 0 Å². The minimum Gasteiger partial charge on any atom is -0.341 e. The summed E-state index contributed by atoms with van der Waals surface area (Å²) in [5.41, 5.74) is 1.00. The SMILES string of the molecule is C#CCNC(=O)c1ccccc1NC(=O)c1cc(Br)ccc1Cl. The Kier molecular flexibility index (Phi) is 5.80. The Morgan fingerprint density at radius 2 is 1.87 bits per heavy atom. The van der Waals surface area contributed by atoms with Gasteiger partial charge in [0.2, 0.25) is 0 Å². The molecule has 2 rings (SSSR count). The van der Waals surface area contributed by atoms with E-state index in [0.717, 1.165) is 4.47 Å². The zero-order valence-electron chi connectivity index (χ0n) is 11.9. The van der Waals surface area contributed by atoms with E-state index in [9.17, 15) is 9.59 Å². The number of benzene rings is 2. The molecular weight excluding hydrogens is 380 g/mol. The fourth-order valence-electron chi connectivity index (χ4n) is 1.88. The van der Waals surface area contributed by atoms with Gasteiger partial charge >= 0.3 is 0 Å². The number of para-hydroxylation sites is 1. The summed E-state index contributed by atoms with van der Waals surface area (Å²) in [4.78, 5) is 24.5. The van der Waals surface area contributed by atoms with Gasteiger partial charge in [0.15, 0.2) is 0 Å². The van der Waals surface area contributed by atoms with Crippen LogP contribution < -0.4 is 10.6 Å². The third-order valence-electron chi connectivity index (χ3n) is 2.94. The summed E-state index contributed by atoms with van der Waals surface area (Å²) < 4.78 is 0.729. The van der Waals surface area contributed by atoms with Crippen molar-refractivity contribution >= 4 is 45.0 Å².